The molecule has 6 heteroatoms. The summed E-state index contributed by atoms with van der Waals surface area (Å²) in [5.41, 5.74) is 5.77. The molecule has 1 aromatic heterocycles. The second-order valence-electron chi connectivity index (χ2n) is 7.29. The molecule has 4 rings (SSSR count). The molecule has 1 N–H and O–H groups in total. The van der Waals surface area contributed by atoms with Gasteiger partial charge in [-0.05, 0) is 49.2 Å². The van der Waals surface area contributed by atoms with Crippen LogP contribution >= 0.6 is 0 Å². The minimum absolute atomic E-state index is 0.0280. The molecule has 0 bridgehead atoms. The summed E-state index contributed by atoms with van der Waals surface area (Å²) in [6.45, 7) is 0. The first-order valence-electron chi connectivity index (χ1n) is 9.94. The van der Waals surface area contributed by atoms with Crippen LogP contribution in [0.1, 0.15) is 37.7 Å². The highest BCUT2D eigenvalue weighted by Crippen LogP contribution is 2.24. The average Bonchev–Trinajstić information content (AvgIpc) is 3.19. The van der Waals surface area contributed by atoms with E-state index in [1.807, 2.05) is 36.5 Å². The Labute approximate surface area is 169 Å². The van der Waals surface area contributed by atoms with Gasteiger partial charge >= 0.3 is 0 Å². The molecule has 1 saturated carbocycles. The van der Waals surface area contributed by atoms with Gasteiger partial charge in [0.05, 0.1) is 11.9 Å². The van der Waals surface area contributed by atoms with Crippen molar-refractivity contribution >= 4 is 12.1 Å². The zero-order chi connectivity index (χ0) is 20.1. The van der Waals surface area contributed by atoms with Crippen LogP contribution in [0.4, 0.5) is 4.39 Å². The molecule has 0 aliphatic heterocycles. The number of halogens is 1. The van der Waals surface area contributed by atoms with Crippen molar-refractivity contribution in [1.82, 2.24) is 15.2 Å². The number of benzene rings is 2. The third-order valence-electron chi connectivity index (χ3n) is 5.24. The molecule has 3 aromatic rings. The van der Waals surface area contributed by atoms with Crippen molar-refractivity contribution < 1.29 is 9.18 Å². The number of amides is 1. The molecule has 1 aliphatic carbocycles. The molecule has 0 unspecified atom stereocenters. The Morgan fingerprint density at radius 3 is 2.52 bits per heavy atom. The molecule has 1 aliphatic rings. The van der Waals surface area contributed by atoms with Crippen molar-refractivity contribution in [3.8, 4) is 16.9 Å². The Kier molecular flexibility index (Phi) is 5.79. The lowest BCUT2D eigenvalue weighted by molar-refractivity contribution is -0.125. The summed E-state index contributed by atoms with van der Waals surface area (Å²) in [6, 6.07) is 15.9. The van der Waals surface area contributed by atoms with Crippen molar-refractivity contribution in [1.29, 1.82) is 0 Å². The van der Waals surface area contributed by atoms with Crippen LogP contribution in [0, 0.1) is 11.7 Å². The molecule has 5 nitrogen and oxygen atoms in total. The number of nitrogens with zero attached hydrogens (tertiary/aromatic N) is 3. The molecule has 1 fully saturated rings. The molecule has 2 aromatic carbocycles. The molecular formula is C23H23FN4O. The SMILES string of the molecule is O=C(N/N=C\c1cn(-c2ccccc2)nc1-c1ccc(F)cc1)C1CCCCC1. The van der Waals surface area contributed by atoms with Crippen molar-refractivity contribution in [3.05, 3.63) is 72.2 Å². The van der Waals surface area contributed by atoms with E-state index in [1.54, 1.807) is 23.0 Å². The maximum atomic E-state index is 13.3. The fourth-order valence-corrected chi connectivity index (χ4v) is 3.65. The fraction of sp³-hybridized carbons (Fsp3) is 0.261. The van der Waals surface area contributed by atoms with Crippen molar-refractivity contribution in [2.24, 2.45) is 11.0 Å². The summed E-state index contributed by atoms with van der Waals surface area (Å²) in [5.74, 6) is -0.282. The largest absolute Gasteiger partial charge is 0.273 e. The first kappa shape index (κ1) is 19.1. The number of nitrogens with one attached hydrogen (secondary N) is 1. The van der Waals surface area contributed by atoms with Gasteiger partial charge in [0.1, 0.15) is 11.5 Å². The molecule has 0 spiro atoms. The first-order valence-corrected chi connectivity index (χ1v) is 9.94. The highest BCUT2D eigenvalue weighted by atomic mass is 19.1. The van der Waals surface area contributed by atoms with Gasteiger partial charge in [-0.2, -0.15) is 10.2 Å². The smallest absolute Gasteiger partial charge is 0.243 e. The fourth-order valence-electron chi connectivity index (χ4n) is 3.65. The summed E-state index contributed by atoms with van der Waals surface area (Å²) < 4.78 is 15.1. The number of carbonyl (C=O) groups is 1. The van der Waals surface area contributed by atoms with Gasteiger partial charge in [-0.1, -0.05) is 37.5 Å². The van der Waals surface area contributed by atoms with Crippen LogP contribution in [0.25, 0.3) is 16.9 Å². The molecule has 0 saturated heterocycles. The predicted octanol–water partition coefficient (Wildman–Crippen LogP) is 4.71. The van der Waals surface area contributed by atoms with Crippen LogP contribution in [0.15, 0.2) is 65.9 Å². The summed E-state index contributed by atoms with van der Waals surface area (Å²) in [4.78, 5) is 12.3. The monoisotopic (exact) mass is 390 g/mol. The summed E-state index contributed by atoms with van der Waals surface area (Å²) in [7, 11) is 0. The Morgan fingerprint density at radius 2 is 1.79 bits per heavy atom. The lowest BCUT2D eigenvalue weighted by Gasteiger charge is -2.19. The third-order valence-corrected chi connectivity index (χ3v) is 5.24. The Bertz CT molecular complexity index is 989. The quantitative estimate of drug-likeness (QED) is 0.507. The number of hydrazone groups is 1. The van der Waals surface area contributed by atoms with Gasteiger partial charge < -0.3 is 0 Å². The second-order valence-corrected chi connectivity index (χ2v) is 7.29. The van der Waals surface area contributed by atoms with E-state index in [0.29, 0.717) is 5.69 Å². The number of rotatable bonds is 5. The van der Waals surface area contributed by atoms with Gasteiger partial charge in [-0.25, -0.2) is 14.5 Å². The summed E-state index contributed by atoms with van der Waals surface area (Å²) in [5, 5.41) is 8.83. The molecule has 148 valence electrons. The number of hydrogen-bond donors (Lipinski definition) is 1. The number of para-hydroxylation sites is 1. The second kappa shape index (κ2) is 8.82. The standard InChI is InChI=1S/C23H23FN4O/c24-20-13-11-17(12-14-20)22-19(16-28(27-22)21-9-5-2-6-10-21)15-25-26-23(29)18-7-3-1-4-8-18/h2,5-6,9-16,18H,1,3-4,7-8H2,(H,26,29)/b25-15-. The normalized spacial score (nSPS) is 14.9. The minimum atomic E-state index is -0.300. The van der Waals surface area contributed by atoms with Crippen molar-refractivity contribution in [3.63, 3.8) is 0 Å². The van der Waals surface area contributed by atoms with Gasteiger partial charge in [-0.3, -0.25) is 4.79 Å². The molecule has 1 amide bonds. The summed E-state index contributed by atoms with van der Waals surface area (Å²) in [6.07, 6.45) is 8.70. The maximum Gasteiger partial charge on any atom is 0.243 e. The van der Waals surface area contributed by atoms with E-state index in [0.717, 1.165) is 42.5 Å². The minimum Gasteiger partial charge on any atom is -0.273 e. The number of aromatic nitrogens is 2. The molecular weight excluding hydrogens is 367 g/mol. The number of hydrogen-bond acceptors (Lipinski definition) is 3. The van der Waals surface area contributed by atoms with E-state index in [-0.39, 0.29) is 17.6 Å². The highest BCUT2D eigenvalue weighted by Gasteiger charge is 2.20. The van der Waals surface area contributed by atoms with Gasteiger partial charge in [0.15, 0.2) is 0 Å². The molecule has 0 radical (unpaired) electrons. The van der Waals surface area contributed by atoms with E-state index in [9.17, 15) is 9.18 Å². The van der Waals surface area contributed by atoms with Crippen LogP contribution < -0.4 is 5.43 Å². The molecule has 29 heavy (non-hydrogen) atoms. The van der Waals surface area contributed by atoms with E-state index in [2.05, 4.69) is 15.6 Å². The van der Waals surface area contributed by atoms with Gasteiger partial charge in [0, 0.05) is 23.2 Å². The zero-order valence-electron chi connectivity index (χ0n) is 16.1. The molecule has 1 heterocycles. The zero-order valence-corrected chi connectivity index (χ0v) is 16.1. The summed E-state index contributed by atoms with van der Waals surface area (Å²) >= 11 is 0. The van der Waals surface area contributed by atoms with Crippen molar-refractivity contribution in [2.75, 3.05) is 0 Å². The molecule has 0 atom stereocenters. The Morgan fingerprint density at radius 1 is 1.07 bits per heavy atom. The lowest BCUT2D eigenvalue weighted by atomic mass is 9.89. The van der Waals surface area contributed by atoms with Crippen LogP contribution in [0.3, 0.4) is 0 Å². The average molecular weight is 390 g/mol. The Hall–Kier alpha value is -3.28. The van der Waals surface area contributed by atoms with Gasteiger partial charge in [-0.15, -0.1) is 0 Å². The van der Waals surface area contributed by atoms with E-state index in [1.165, 1.54) is 18.6 Å². The first-order chi connectivity index (χ1) is 14.2. The topological polar surface area (TPSA) is 59.3 Å². The van der Waals surface area contributed by atoms with E-state index < -0.39 is 0 Å². The predicted molar refractivity (Wildman–Crippen MR) is 111 cm³/mol. The maximum absolute atomic E-state index is 13.3. The van der Waals surface area contributed by atoms with Crippen LogP contribution in [-0.2, 0) is 4.79 Å². The number of carbonyl (C=O) groups excluding carboxylic acids is 1. The highest BCUT2D eigenvalue weighted by molar-refractivity contribution is 5.89. The van der Waals surface area contributed by atoms with Gasteiger partial charge in [0.2, 0.25) is 5.91 Å². The van der Waals surface area contributed by atoms with Crippen LogP contribution in [0.2, 0.25) is 0 Å². The van der Waals surface area contributed by atoms with Crippen LogP contribution in [-0.4, -0.2) is 21.9 Å². The van der Waals surface area contributed by atoms with Gasteiger partial charge in [0.25, 0.3) is 0 Å². The van der Waals surface area contributed by atoms with E-state index in [4.69, 9.17) is 0 Å². The third kappa shape index (κ3) is 4.59. The Balaban J connectivity index is 1.59. The van der Waals surface area contributed by atoms with Crippen molar-refractivity contribution in [2.45, 2.75) is 32.1 Å². The van der Waals surface area contributed by atoms with Crippen LogP contribution in [0.5, 0.6) is 0 Å². The lowest BCUT2D eigenvalue weighted by Crippen LogP contribution is -2.28. The van der Waals surface area contributed by atoms with E-state index >= 15 is 0 Å².